The fourth-order valence-corrected chi connectivity index (χ4v) is 3.18. The van der Waals surface area contributed by atoms with Gasteiger partial charge in [0.15, 0.2) is 0 Å². The van der Waals surface area contributed by atoms with Gasteiger partial charge in [0.2, 0.25) is 0 Å². The lowest BCUT2D eigenvalue weighted by atomic mass is 10.0. The van der Waals surface area contributed by atoms with Crippen molar-refractivity contribution in [1.82, 2.24) is 4.68 Å². The molecule has 0 bridgehead atoms. The molecule has 3 aromatic carbocycles. The van der Waals surface area contributed by atoms with E-state index in [1.807, 2.05) is 66.7 Å². The summed E-state index contributed by atoms with van der Waals surface area (Å²) < 4.78 is 1.26. The first-order chi connectivity index (χ1) is 14.6. The number of rotatable bonds is 5. The maximum Gasteiger partial charge on any atom is 0.278 e. The van der Waals surface area contributed by atoms with E-state index in [2.05, 4.69) is 5.10 Å². The number of hydrogen-bond acceptors (Lipinski definition) is 4. The van der Waals surface area contributed by atoms with E-state index in [0.717, 1.165) is 16.7 Å². The van der Waals surface area contributed by atoms with Gasteiger partial charge in [0.05, 0.1) is 22.4 Å². The first-order valence-electron chi connectivity index (χ1n) is 9.29. The van der Waals surface area contributed by atoms with E-state index in [1.165, 1.54) is 23.0 Å². The summed E-state index contributed by atoms with van der Waals surface area (Å²) >= 11 is 0. The Bertz CT molecular complexity index is 1280. The Hall–Kier alpha value is -4.32. The van der Waals surface area contributed by atoms with Crippen molar-refractivity contribution in [3.8, 4) is 22.4 Å². The summed E-state index contributed by atoms with van der Waals surface area (Å²) in [5.41, 5.74) is 3.02. The van der Waals surface area contributed by atoms with E-state index in [1.54, 1.807) is 18.2 Å². The van der Waals surface area contributed by atoms with Gasteiger partial charge in [-0.25, -0.2) is 0 Å². The molecule has 0 saturated heterocycles. The fourth-order valence-electron chi connectivity index (χ4n) is 3.18. The molecule has 0 aliphatic carbocycles. The van der Waals surface area contributed by atoms with Crippen LogP contribution in [0.25, 0.3) is 22.4 Å². The third kappa shape index (κ3) is 3.93. The van der Waals surface area contributed by atoms with E-state index in [0.29, 0.717) is 11.3 Å². The number of benzene rings is 3. The third-order valence-electron chi connectivity index (χ3n) is 4.63. The molecule has 146 valence electrons. The molecule has 0 amide bonds. The standard InChI is InChI=1S/C24H17N3O3/c28-24-16-21(18-9-3-1-4-10-18)15-23(19-11-5-2-6-12-19)26(24)25-17-20-13-7-8-14-22(20)27(29)30/h1-17H/b25-17+. The Morgan fingerprint density at radius 2 is 1.37 bits per heavy atom. The van der Waals surface area contributed by atoms with Crippen LogP contribution in [0.5, 0.6) is 0 Å². The molecule has 0 atom stereocenters. The minimum Gasteiger partial charge on any atom is -0.267 e. The highest BCUT2D eigenvalue weighted by atomic mass is 16.6. The summed E-state index contributed by atoms with van der Waals surface area (Å²) in [4.78, 5) is 23.8. The number of nitrogens with zero attached hydrogens (tertiary/aromatic N) is 3. The largest absolute Gasteiger partial charge is 0.278 e. The number of nitro benzene ring substituents is 1. The maximum atomic E-state index is 13.0. The first kappa shape index (κ1) is 19.0. The molecule has 0 N–H and O–H groups in total. The Labute approximate surface area is 172 Å². The van der Waals surface area contributed by atoms with Gasteiger partial charge in [0.25, 0.3) is 11.2 Å². The van der Waals surface area contributed by atoms with Crippen LogP contribution in [0.15, 0.2) is 107 Å². The van der Waals surface area contributed by atoms with Gasteiger partial charge in [-0.15, -0.1) is 0 Å². The fraction of sp³-hybridized carbons (Fsp3) is 0. The Morgan fingerprint density at radius 1 is 0.767 bits per heavy atom. The predicted octanol–water partition coefficient (Wildman–Crippen LogP) is 4.97. The van der Waals surface area contributed by atoms with Crippen LogP contribution in [0.1, 0.15) is 5.56 Å². The van der Waals surface area contributed by atoms with Gasteiger partial charge in [-0.2, -0.15) is 9.78 Å². The second-order valence-corrected chi connectivity index (χ2v) is 6.57. The van der Waals surface area contributed by atoms with E-state index < -0.39 is 4.92 Å². The quantitative estimate of drug-likeness (QED) is 0.272. The highest BCUT2D eigenvalue weighted by molar-refractivity contribution is 5.85. The van der Waals surface area contributed by atoms with Crippen LogP contribution in [0.4, 0.5) is 5.69 Å². The third-order valence-corrected chi connectivity index (χ3v) is 4.63. The lowest BCUT2D eigenvalue weighted by molar-refractivity contribution is -0.385. The van der Waals surface area contributed by atoms with Crippen molar-refractivity contribution in [3.05, 3.63) is 123 Å². The van der Waals surface area contributed by atoms with Crippen LogP contribution in [-0.2, 0) is 0 Å². The second kappa shape index (κ2) is 8.36. The van der Waals surface area contributed by atoms with Gasteiger partial charge < -0.3 is 0 Å². The molecule has 1 heterocycles. The minimum atomic E-state index is -0.471. The number of pyridine rings is 1. The number of aromatic nitrogens is 1. The zero-order chi connectivity index (χ0) is 20.9. The monoisotopic (exact) mass is 395 g/mol. The summed E-state index contributed by atoms with van der Waals surface area (Å²) in [6, 6.07) is 28.7. The zero-order valence-electron chi connectivity index (χ0n) is 15.9. The highest BCUT2D eigenvalue weighted by Crippen LogP contribution is 2.25. The molecule has 4 aromatic rings. The van der Waals surface area contributed by atoms with Gasteiger partial charge in [0.1, 0.15) is 0 Å². The summed E-state index contributed by atoms with van der Waals surface area (Å²) in [6.07, 6.45) is 1.34. The van der Waals surface area contributed by atoms with Crippen LogP contribution < -0.4 is 5.56 Å². The van der Waals surface area contributed by atoms with Crippen LogP contribution >= 0.6 is 0 Å². The lowest BCUT2D eigenvalue weighted by Crippen LogP contribution is -2.18. The minimum absolute atomic E-state index is 0.0727. The van der Waals surface area contributed by atoms with Crippen molar-refractivity contribution in [2.75, 3.05) is 0 Å². The Balaban J connectivity index is 1.88. The number of hydrogen-bond donors (Lipinski definition) is 0. The topological polar surface area (TPSA) is 77.5 Å². The number of nitro groups is 1. The predicted molar refractivity (Wildman–Crippen MR) is 118 cm³/mol. The van der Waals surface area contributed by atoms with E-state index in [4.69, 9.17) is 0 Å². The van der Waals surface area contributed by atoms with E-state index in [9.17, 15) is 14.9 Å². The molecule has 0 radical (unpaired) electrons. The van der Waals surface area contributed by atoms with Crippen LogP contribution in [0.3, 0.4) is 0 Å². The van der Waals surface area contributed by atoms with E-state index in [-0.39, 0.29) is 11.2 Å². The number of para-hydroxylation sites is 1. The normalized spacial score (nSPS) is 10.9. The summed E-state index contributed by atoms with van der Waals surface area (Å²) in [6.45, 7) is 0. The lowest BCUT2D eigenvalue weighted by Gasteiger charge is -2.11. The molecule has 0 aliphatic rings. The molecular formula is C24H17N3O3. The molecule has 0 spiro atoms. The van der Waals surface area contributed by atoms with Crippen molar-refractivity contribution in [2.24, 2.45) is 5.10 Å². The molecule has 0 saturated carbocycles. The van der Waals surface area contributed by atoms with Crippen molar-refractivity contribution < 1.29 is 4.92 Å². The van der Waals surface area contributed by atoms with Crippen molar-refractivity contribution in [3.63, 3.8) is 0 Å². The average Bonchev–Trinajstić information content (AvgIpc) is 2.79. The van der Waals surface area contributed by atoms with Gasteiger partial charge in [-0.1, -0.05) is 72.8 Å². The smallest absolute Gasteiger partial charge is 0.267 e. The van der Waals surface area contributed by atoms with Crippen LogP contribution in [-0.4, -0.2) is 15.8 Å². The Morgan fingerprint density at radius 3 is 2.03 bits per heavy atom. The second-order valence-electron chi connectivity index (χ2n) is 6.57. The highest BCUT2D eigenvalue weighted by Gasteiger charge is 2.12. The zero-order valence-corrected chi connectivity index (χ0v) is 15.9. The van der Waals surface area contributed by atoms with E-state index >= 15 is 0 Å². The SMILES string of the molecule is O=c1cc(-c2ccccc2)cc(-c2ccccc2)n1/N=C/c1ccccc1[N+](=O)[O-]. The van der Waals surface area contributed by atoms with Crippen molar-refractivity contribution in [2.45, 2.75) is 0 Å². The summed E-state index contributed by atoms with van der Waals surface area (Å²) in [5.74, 6) is 0. The maximum absolute atomic E-state index is 13.0. The molecule has 4 rings (SSSR count). The first-order valence-corrected chi connectivity index (χ1v) is 9.29. The summed E-state index contributed by atoms with van der Waals surface area (Å²) in [7, 11) is 0. The van der Waals surface area contributed by atoms with Crippen molar-refractivity contribution in [1.29, 1.82) is 0 Å². The molecule has 6 heteroatoms. The van der Waals surface area contributed by atoms with Gasteiger partial charge in [-0.05, 0) is 23.3 Å². The molecule has 0 unspecified atom stereocenters. The van der Waals surface area contributed by atoms with Gasteiger partial charge >= 0.3 is 0 Å². The molecular weight excluding hydrogens is 378 g/mol. The van der Waals surface area contributed by atoms with Crippen molar-refractivity contribution >= 4 is 11.9 Å². The molecule has 6 nitrogen and oxygen atoms in total. The molecule has 0 aliphatic heterocycles. The van der Waals surface area contributed by atoms with Gasteiger partial charge in [0, 0.05) is 17.7 Å². The summed E-state index contributed by atoms with van der Waals surface area (Å²) in [5, 5.41) is 15.6. The molecule has 30 heavy (non-hydrogen) atoms. The average molecular weight is 395 g/mol. The van der Waals surface area contributed by atoms with Crippen LogP contribution in [0.2, 0.25) is 0 Å². The van der Waals surface area contributed by atoms with Gasteiger partial charge in [-0.3, -0.25) is 14.9 Å². The Kier molecular flexibility index (Phi) is 5.30. The molecule has 1 aromatic heterocycles. The van der Waals surface area contributed by atoms with Crippen LogP contribution in [0, 0.1) is 10.1 Å². The molecule has 0 fully saturated rings.